The number of aliphatic hydroxyl groups excluding tert-OH is 1. The highest BCUT2D eigenvalue weighted by Gasteiger charge is 2.50. The molecule has 0 aromatic heterocycles. The van der Waals surface area contributed by atoms with Gasteiger partial charge in [0.15, 0.2) is 0 Å². The van der Waals surface area contributed by atoms with Crippen LogP contribution in [0.4, 0.5) is 13.2 Å². The van der Waals surface area contributed by atoms with Crippen LogP contribution < -0.4 is 16.8 Å². The predicted molar refractivity (Wildman–Crippen MR) is 178 cm³/mol. The van der Waals surface area contributed by atoms with Crippen LogP contribution in [-0.4, -0.2) is 57.7 Å². The summed E-state index contributed by atoms with van der Waals surface area (Å²) in [5, 5.41) is 15.0. The van der Waals surface area contributed by atoms with Gasteiger partial charge in [-0.05, 0) is 126 Å². The number of hydrogen-bond acceptors (Lipinski definition) is 5. The smallest absolute Gasteiger partial charge is 0.392 e. The number of rotatable bonds is 11. The summed E-state index contributed by atoms with van der Waals surface area (Å²) in [6, 6.07) is 0.371. The molecule has 12 unspecified atom stereocenters. The number of hydrogen-bond donors (Lipinski definition) is 4. The van der Waals surface area contributed by atoms with E-state index in [9.17, 15) is 18.3 Å². The molecule has 2 aliphatic carbocycles. The summed E-state index contributed by atoms with van der Waals surface area (Å²) in [7, 11) is 0. The summed E-state index contributed by atoms with van der Waals surface area (Å²) in [4.78, 5) is 2.33. The van der Waals surface area contributed by atoms with E-state index in [1.165, 1.54) is 5.57 Å². The molecule has 0 spiro atoms. The molecule has 9 heteroatoms. The van der Waals surface area contributed by atoms with Gasteiger partial charge in [-0.1, -0.05) is 61.4 Å². The normalized spacial score (nSPS) is 40.4. The third-order valence-electron chi connectivity index (χ3n) is 12.1. The Morgan fingerprint density at radius 1 is 1.09 bits per heavy atom. The van der Waals surface area contributed by atoms with Gasteiger partial charge in [0.2, 0.25) is 0 Å². The van der Waals surface area contributed by atoms with Crippen molar-refractivity contribution in [1.82, 2.24) is 10.2 Å². The molecular weight excluding hydrogens is 664 g/mol. The third-order valence-corrected chi connectivity index (χ3v) is 12.7. The third kappa shape index (κ3) is 9.55. The Balaban J connectivity index is 1.33. The molecule has 0 aromatic carbocycles. The van der Waals surface area contributed by atoms with Crippen LogP contribution >= 0.6 is 22.6 Å². The van der Waals surface area contributed by atoms with Gasteiger partial charge >= 0.3 is 6.18 Å². The van der Waals surface area contributed by atoms with E-state index in [4.69, 9.17) is 11.5 Å². The summed E-state index contributed by atoms with van der Waals surface area (Å²) < 4.78 is 42.5. The Morgan fingerprint density at radius 3 is 2.51 bits per heavy atom. The molecule has 4 fully saturated rings. The SMILES string of the molecule is C=C1CC(C2CCC(N)N([C@@H](N)C3CC(C(O)CC4CC(CCCCC(C)I)C(C(F)(F)F)C4)CCC3C)C2)CNC1C. The lowest BCUT2D eigenvalue weighted by Gasteiger charge is -2.49. The van der Waals surface area contributed by atoms with Crippen LogP contribution in [0.25, 0.3) is 0 Å². The number of halogens is 4. The van der Waals surface area contributed by atoms with Gasteiger partial charge in [-0.25, -0.2) is 0 Å². The summed E-state index contributed by atoms with van der Waals surface area (Å²) in [6.07, 6.45) is 5.71. The Kier molecular flexibility index (Phi) is 13.2. The van der Waals surface area contributed by atoms with Crippen LogP contribution in [0.1, 0.15) is 104 Å². The Labute approximate surface area is 273 Å². The number of alkyl halides is 4. The average molecular weight is 725 g/mol. The quantitative estimate of drug-likeness (QED) is 0.0784. The molecule has 4 aliphatic rings. The molecule has 2 aliphatic heterocycles. The van der Waals surface area contributed by atoms with E-state index < -0.39 is 18.2 Å². The number of nitrogens with two attached hydrogens (primary N) is 2. The van der Waals surface area contributed by atoms with Crippen molar-refractivity contribution >= 4 is 22.6 Å². The van der Waals surface area contributed by atoms with E-state index in [-0.39, 0.29) is 42.4 Å². The van der Waals surface area contributed by atoms with Gasteiger partial charge < -0.3 is 21.9 Å². The minimum atomic E-state index is -4.15. The largest absolute Gasteiger partial charge is 0.393 e. The van der Waals surface area contributed by atoms with Crippen molar-refractivity contribution in [3.8, 4) is 0 Å². The molecule has 2 saturated heterocycles. The number of nitrogens with zero attached hydrogens (tertiary/aromatic N) is 1. The molecule has 2 saturated carbocycles. The lowest BCUT2D eigenvalue weighted by Crippen LogP contribution is -2.61. The minimum absolute atomic E-state index is 0.0561. The highest BCUT2D eigenvalue weighted by Crippen LogP contribution is 2.50. The lowest BCUT2D eigenvalue weighted by molar-refractivity contribution is -0.184. The van der Waals surface area contributed by atoms with Crippen molar-refractivity contribution in [2.24, 2.45) is 58.8 Å². The summed E-state index contributed by atoms with van der Waals surface area (Å²) in [5.74, 6) is 0.241. The van der Waals surface area contributed by atoms with Crippen molar-refractivity contribution in [2.45, 2.75) is 139 Å². The van der Waals surface area contributed by atoms with E-state index in [2.05, 4.69) is 60.2 Å². The van der Waals surface area contributed by atoms with Crippen LogP contribution in [0, 0.1) is 47.3 Å². The summed E-state index contributed by atoms with van der Waals surface area (Å²) in [5.41, 5.74) is 15.0. The highest BCUT2D eigenvalue weighted by molar-refractivity contribution is 14.1. The highest BCUT2D eigenvalue weighted by atomic mass is 127. The fourth-order valence-corrected chi connectivity index (χ4v) is 9.59. The molecule has 6 N–H and O–H groups in total. The zero-order valence-corrected chi connectivity index (χ0v) is 29.0. The molecule has 0 aromatic rings. The van der Waals surface area contributed by atoms with E-state index in [0.717, 1.165) is 70.9 Å². The number of aliphatic hydroxyl groups is 1. The van der Waals surface area contributed by atoms with Crippen molar-refractivity contribution in [3.05, 3.63) is 12.2 Å². The predicted octanol–water partition coefficient (Wildman–Crippen LogP) is 7.21. The van der Waals surface area contributed by atoms with Gasteiger partial charge in [0.05, 0.1) is 24.4 Å². The van der Waals surface area contributed by atoms with Crippen LogP contribution in [0.3, 0.4) is 0 Å². The zero-order valence-electron chi connectivity index (χ0n) is 26.9. The monoisotopic (exact) mass is 724 g/mol. The summed E-state index contributed by atoms with van der Waals surface area (Å²) >= 11 is 2.39. The van der Waals surface area contributed by atoms with Crippen LogP contribution in [0.15, 0.2) is 12.2 Å². The van der Waals surface area contributed by atoms with Crippen molar-refractivity contribution in [2.75, 3.05) is 13.1 Å². The standard InChI is InChI=1S/C34H60F3IN4O/c1-20-9-10-26(31(43)16-24-14-25(8-6-5-7-22(3)38)30(15-24)34(35,36)37)17-29(20)33(40)42-19-27(11-12-32(42)39)28-13-21(2)23(4)41-18-28/h20,22-33,41,43H,2,5-19,39-40H2,1,3-4H3/t20?,22?,23?,24?,25?,26?,27?,28?,29?,30?,31?,32?,33-/m1/s1. The van der Waals surface area contributed by atoms with Crippen molar-refractivity contribution in [3.63, 3.8) is 0 Å². The number of piperidine rings is 2. The van der Waals surface area contributed by atoms with Gasteiger partial charge in [0.1, 0.15) is 0 Å². The first kappa shape index (κ1) is 35.9. The Bertz CT molecular complexity index is 890. The van der Waals surface area contributed by atoms with E-state index in [1.807, 2.05) is 0 Å². The first-order valence-electron chi connectivity index (χ1n) is 17.3. The molecule has 0 bridgehead atoms. The second-order valence-electron chi connectivity index (χ2n) is 15.2. The maximum absolute atomic E-state index is 14.0. The topological polar surface area (TPSA) is 87.5 Å². The first-order valence-corrected chi connectivity index (χ1v) is 18.6. The molecule has 0 radical (unpaired) electrons. The maximum atomic E-state index is 14.0. The van der Waals surface area contributed by atoms with Crippen LogP contribution in [0.2, 0.25) is 0 Å². The van der Waals surface area contributed by atoms with Gasteiger partial charge in [0, 0.05) is 16.5 Å². The maximum Gasteiger partial charge on any atom is 0.392 e. The zero-order chi connectivity index (χ0) is 31.5. The van der Waals surface area contributed by atoms with E-state index in [0.29, 0.717) is 47.0 Å². The number of unbranched alkanes of at least 4 members (excludes halogenated alkanes) is 1. The van der Waals surface area contributed by atoms with Gasteiger partial charge in [0.25, 0.3) is 0 Å². The second kappa shape index (κ2) is 15.8. The number of nitrogens with one attached hydrogen (secondary N) is 1. The van der Waals surface area contributed by atoms with Crippen molar-refractivity contribution < 1.29 is 18.3 Å². The fraction of sp³-hybridized carbons (Fsp3) is 0.941. The second-order valence-corrected chi connectivity index (χ2v) is 17.3. The molecule has 13 atom stereocenters. The molecular formula is C34H60F3IN4O. The molecule has 4 rings (SSSR count). The summed E-state index contributed by atoms with van der Waals surface area (Å²) in [6.45, 7) is 12.8. The van der Waals surface area contributed by atoms with Gasteiger partial charge in [-0.3, -0.25) is 4.90 Å². The van der Waals surface area contributed by atoms with Gasteiger partial charge in [-0.2, -0.15) is 13.2 Å². The van der Waals surface area contributed by atoms with Crippen LogP contribution in [0.5, 0.6) is 0 Å². The Hall–Kier alpha value is 0.0600. The average Bonchev–Trinajstić information content (AvgIpc) is 3.36. The lowest BCUT2D eigenvalue weighted by atomic mass is 9.70. The molecule has 250 valence electrons. The van der Waals surface area contributed by atoms with Crippen molar-refractivity contribution in [1.29, 1.82) is 0 Å². The van der Waals surface area contributed by atoms with E-state index in [1.54, 1.807) is 0 Å². The molecule has 5 nitrogen and oxygen atoms in total. The van der Waals surface area contributed by atoms with Gasteiger partial charge in [-0.15, -0.1) is 0 Å². The molecule has 2 heterocycles. The Morgan fingerprint density at radius 2 is 1.84 bits per heavy atom. The molecule has 43 heavy (non-hydrogen) atoms. The van der Waals surface area contributed by atoms with E-state index >= 15 is 0 Å². The van der Waals surface area contributed by atoms with Crippen LogP contribution in [-0.2, 0) is 0 Å². The first-order chi connectivity index (χ1) is 20.2. The minimum Gasteiger partial charge on any atom is -0.393 e. The molecule has 0 amide bonds. The number of likely N-dealkylation sites (tertiary alicyclic amines) is 1. The fourth-order valence-electron chi connectivity index (χ4n) is 9.15.